The Hall–Kier alpha value is -2.18. The van der Waals surface area contributed by atoms with Crippen LogP contribution in [0.25, 0.3) is 11.1 Å². The molecule has 2 aromatic carbocycles. The van der Waals surface area contributed by atoms with Crippen molar-refractivity contribution in [3.63, 3.8) is 0 Å². The maximum absolute atomic E-state index is 9.22. The van der Waals surface area contributed by atoms with E-state index in [2.05, 4.69) is 42.7 Å². The molecule has 3 rings (SSSR count). The molecule has 0 fully saturated rings. The Bertz CT molecular complexity index is 728. The predicted octanol–water partition coefficient (Wildman–Crippen LogP) is 4.63. The van der Waals surface area contributed by atoms with Gasteiger partial charge in [-0.2, -0.15) is 5.26 Å². The molecule has 0 amide bonds. The van der Waals surface area contributed by atoms with E-state index in [1.54, 1.807) is 11.8 Å². The van der Waals surface area contributed by atoms with Crippen molar-refractivity contribution in [2.75, 3.05) is 11.4 Å². The Morgan fingerprint density at radius 3 is 2.80 bits per heavy atom. The second-order valence-corrected chi connectivity index (χ2v) is 5.70. The molecule has 20 heavy (non-hydrogen) atoms. The van der Waals surface area contributed by atoms with Gasteiger partial charge in [0.05, 0.1) is 22.3 Å². The standard InChI is InChI=1S/C17H14N2S/c1-3-19-12(2)20-17-10-13(8-9-16(17)19)15-7-5-4-6-14(15)11-18/h4-10H,2-3H2,1H3. The lowest BCUT2D eigenvalue weighted by Gasteiger charge is -2.16. The van der Waals surface area contributed by atoms with Gasteiger partial charge in [0, 0.05) is 11.4 Å². The summed E-state index contributed by atoms with van der Waals surface area (Å²) in [5, 5.41) is 10.3. The van der Waals surface area contributed by atoms with E-state index in [-0.39, 0.29) is 0 Å². The summed E-state index contributed by atoms with van der Waals surface area (Å²) in [5.41, 5.74) is 3.99. The fourth-order valence-electron chi connectivity index (χ4n) is 2.48. The number of hydrogen-bond donors (Lipinski definition) is 0. The maximum atomic E-state index is 9.22. The van der Waals surface area contributed by atoms with E-state index in [0.29, 0.717) is 5.56 Å². The van der Waals surface area contributed by atoms with E-state index in [4.69, 9.17) is 0 Å². The number of hydrogen-bond acceptors (Lipinski definition) is 3. The molecule has 98 valence electrons. The highest BCUT2D eigenvalue weighted by Crippen LogP contribution is 2.46. The Balaban J connectivity index is 2.09. The topological polar surface area (TPSA) is 27.0 Å². The number of benzene rings is 2. The largest absolute Gasteiger partial charge is 0.336 e. The molecule has 2 nitrogen and oxygen atoms in total. The van der Waals surface area contributed by atoms with Crippen LogP contribution in [0.2, 0.25) is 0 Å². The molecule has 3 heteroatoms. The van der Waals surface area contributed by atoms with Gasteiger partial charge in [-0.05, 0) is 36.2 Å². The SMILES string of the molecule is C=C1Sc2cc(-c3ccccc3C#N)ccc2N1CC. The fraction of sp³-hybridized carbons (Fsp3) is 0.118. The number of nitrogens with zero attached hydrogens (tertiary/aromatic N) is 2. The van der Waals surface area contributed by atoms with Crippen LogP contribution >= 0.6 is 11.8 Å². The molecule has 0 aromatic heterocycles. The Kier molecular flexibility index (Phi) is 3.25. The normalized spacial score (nSPS) is 13.2. The van der Waals surface area contributed by atoms with Crippen LogP contribution in [0.15, 0.2) is 59.0 Å². The molecule has 1 heterocycles. The molecule has 0 bridgehead atoms. The predicted molar refractivity (Wildman–Crippen MR) is 84.6 cm³/mol. The first kappa shape index (κ1) is 12.8. The fourth-order valence-corrected chi connectivity index (χ4v) is 3.54. The van der Waals surface area contributed by atoms with Gasteiger partial charge in [-0.25, -0.2) is 0 Å². The lowest BCUT2D eigenvalue weighted by molar-refractivity contribution is 1.01. The number of anilines is 1. The van der Waals surface area contributed by atoms with Gasteiger partial charge in [0.2, 0.25) is 0 Å². The van der Waals surface area contributed by atoms with Crippen molar-refractivity contribution in [2.24, 2.45) is 0 Å². The minimum Gasteiger partial charge on any atom is -0.336 e. The van der Waals surface area contributed by atoms with Gasteiger partial charge in [-0.1, -0.05) is 42.6 Å². The summed E-state index contributed by atoms with van der Waals surface area (Å²) in [5.74, 6) is 0. The lowest BCUT2D eigenvalue weighted by atomic mass is 10.00. The van der Waals surface area contributed by atoms with Crippen LogP contribution < -0.4 is 4.90 Å². The van der Waals surface area contributed by atoms with Crippen LogP contribution in [0, 0.1) is 11.3 Å². The van der Waals surface area contributed by atoms with Crippen molar-refractivity contribution in [1.29, 1.82) is 5.26 Å². The van der Waals surface area contributed by atoms with Crippen molar-refractivity contribution in [2.45, 2.75) is 11.8 Å². The van der Waals surface area contributed by atoms with Gasteiger partial charge >= 0.3 is 0 Å². The van der Waals surface area contributed by atoms with Crippen LogP contribution in [0.1, 0.15) is 12.5 Å². The van der Waals surface area contributed by atoms with Crippen LogP contribution in [0.5, 0.6) is 0 Å². The molecule has 0 unspecified atom stereocenters. The van der Waals surface area contributed by atoms with E-state index in [1.165, 1.54) is 10.6 Å². The van der Waals surface area contributed by atoms with E-state index >= 15 is 0 Å². The zero-order valence-electron chi connectivity index (χ0n) is 11.3. The van der Waals surface area contributed by atoms with Gasteiger partial charge < -0.3 is 4.90 Å². The number of thioether (sulfide) groups is 1. The van der Waals surface area contributed by atoms with Crippen LogP contribution in [-0.2, 0) is 0 Å². The Morgan fingerprint density at radius 1 is 1.25 bits per heavy atom. The summed E-state index contributed by atoms with van der Waals surface area (Å²) in [6.07, 6.45) is 0. The van der Waals surface area contributed by atoms with Crippen molar-refractivity contribution < 1.29 is 0 Å². The molecule has 1 aliphatic heterocycles. The third kappa shape index (κ3) is 1.99. The van der Waals surface area contributed by atoms with Crippen LogP contribution in [-0.4, -0.2) is 6.54 Å². The minimum absolute atomic E-state index is 0.710. The van der Waals surface area contributed by atoms with Crippen molar-refractivity contribution in [1.82, 2.24) is 0 Å². The van der Waals surface area contributed by atoms with Gasteiger partial charge in [-0.3, -0.25) is 0 Å². The van der Waals surface area contributed by atoms with E-state index in [0.717, 1.165) is 22.7 Å². The summed E-state index contributed by atoms with van der Waals surface area (Å²) in [6.45, 7) is 7.14. The van der Waals surface area contributed by atoms with Crippen molar-refractivity contribution >= 4 is 17.4 Å². The zero-order chi connectivity index (χ0) is 14.1. The second-order valence-electron chi connectivity index (χ2n) is 4.58. The number of rotatable bonds is 2. The molecule has 0 atom stereocenters. The first-order valence-electron chi connectivity index (χ1n) is 6.52. The molecule has 0 spiro atoms. The quantitative estimate of drug-likeness (QED) is 0.801. The molecule has 0 saturated carbocycles. The molecule has 2 aromatic rings. The van der Waals surface area contributed by atoms with Gasteiger partial charge in [-0.15, -0.1) is 0 Å². The first-order chi connectivity index (χ1) is 9.74. The maximum Gasteiger partial charge on any atom is 0.0998 e. The summed E-state index contributed by atoms with van der Waals surface area (Å²) in [4.78, 5) is 3.42. The molecule has 0 aliphatic carbocycles. The summed E-state index contributed by atoms with van der Waals surface area (Å²) in [6, 6.07) is 16.3. The lowest BCUT2D eigenvalue weighted by Crippen LogP contribution is -2.15. The van der Waals surface area contributed by atoms with E-state index in [9.17, 15) is 5.26 Å². The molecule has 0 N–H and O–H groups in total. The minimum atomic E-state index is 0.710. The molecular formula is C17H14N2S. The highest BCUT2D eigenvalue weighted by molar-refractivity contribution is 8.03. The third-order valence-electron chi connectivity index (χ3n) is 3.45. The van der Waals surface area contributed by atoms with E-state index < -0.39 is 0 Å². The van der Waals surface area contributed by atoms with Gasteiger partial charge in [0.15, 0.2) is 0 Å². The Morgan fingerprint density at radius 2 is 2.05 bits per heavy atom. The van der Waals surface area contributed by atoms with Crippen LogP contribution in [0.3, 0.4) is 0 Å². The van der Waals surface area contributed by atoms with Crippen molar-refractivity contribution in [3.8, 4) is 17.2 Å². The average Bonchev–Trinajstić information content (AvgIpc) is 2.81. The van der Waals surface area contributed by atoms with Gasteiger partial charge in [0.25, 0.3) is 0 Å². The summed E-state index contributed by atoms with van der Waals surface area (Å²) in [7, 11) is 0. The highest BCUT2D eigenvalue weighted by Gasteiger charge is 2.22. The average molecular weight is 278 g/mol. The molecular weight excluding hydrogens is 264 g/mol. The monoisotopic (exact) mass is 278 g/mol. The number of nitriles is 1. The zero-order valence-corrected chi connectivity index (χ0v) is 12.1. The molecule has 0 saturated heterocycles. The Labute approximate surface area is 123 Å². The molecule has 0 radical (unpaired) electrons. The number of fused-ring (bicyclic) bond motifs is 1. The third-order valence-corrected chi connectivity index (χ3v) is 4.46. The summed E-state index contributed by atoms with van der Waals surface area (Å²) < 4.78 is 0. The summed E-state index contributed by atoms with van der Waals surface area (Å²) >= 11 is 1.69. The highest BCUT2D eigenvalue weighted by atomic mass is 32.2. The molecule has 1 aliphatic rings. The van der Waals surface area contributed by atoms with Crippen molar-refractivity contribution in [3.05, 3.63) is 59.6 Å². The second kappa shape index (κ2) is 5.07. The van der Waals surface area contributed by atoms with Gasteiger partial charge in [0.1, 0.15) is 0 Å². The van der Waals surface area contributed by atoms with E-state index in [1.807, 2.05) is 24.3 Å². The first-order valence-corrected chi connectivity index (χ1v) is 7.34. The van der Waals surface area contributed by atoms with Crippen LogP contribution in [0.4, 0.5) is 5.69 Å². The smallest absolute Gasteiger partial charge is 0.0998 e.